The minimum absolute atomic E-state index is 0.0860. The molecule has 0 aliphatic carbocycles. The molecule has 25 heavy (non-hydrogen) atoms. The number of hydrogen-bond donors (Lipinski definition) is 2. The lowest BCUT2D eigenvalue weighted by molar-refractivity contribution is -0.157. The Morgan fingerprint density at radius 3 is 2.12 bits per heavy atom. The maximum atomic E-state index is 12.1. The van der Waals surface area contributed by atoms with Crippen molar-refractivity contribution < 1.29 is 23.9 Å². The lowest BCUT2D eigenvalue weighted by atomic mass is 10.1. The highest BCUT2D eigenvalue weighted by molar-refractivity contribution is 6.04. The Balaban J connectivity index is 2.08. The van der Waals surface area contributed by atoms with Gasteiger partial charge in [0.1, 0.15) is 0 Å². The molecule has 7 heteroatoms. The van der Waals surface area contributed by atoms with Crippen LogP contribution in [0.25, 0.3) is 10.8 Å². The first-order valence-electron chi connectivity index (χ1n) is 7.94. The Morgan fingerprint density at radius 2 is 1.52 bits per heavy atom. The van der Waals surface area contributed by atoms with E-state index >= 15 is 0 Å². The zero-order valence-electron chi connectivity index (χ0n) is 14.1. The highest BCUT2D eigenvalue weighted by Gasteiger charge is 2.31. The highest BCUT2D eigenvalue weighted by atomic mass is 16.6. The molecule has 2 aromatic rings. The summed E-state index contributed by atoms with van der Waals surface area (Å²) in [5.74, 6) is -1.73. The Bertz CT molecular complexity index is 757. The molecule has 0 heterocycles. The van der Waals surface area contributed by atoms with E-state index in [4.69, 9.17) is 9.47 Å². The van der Waals surface area contributed by atoms with Crippen LogP contribution in [0.2, 0.25) is 0 Å². The van der Waals surface area contributed by atoms with Gasteiger partial charge in [0.2, 0.25) is 6.04 Å². The van der Waals surface area contributed by atoms with Crippen LogP contribution < -0.4 is 10.6 Å². The van der Waals surface area contributed by atoms with Gasteiger partial charge in [-0.15, -0.1) is 0 Å². The van der Waals surface area contributed by atoms with E-state index < -0.39 is 24.0 Å². The van der Waals surface area contributed by atoms with E-state index in [1.807, 2.05) is 30.3 Å². The second-order valence-corrected chi connectivity index (χ2v) is 5.10. The number of anilines is 1. The van der Waals surface area contributed by atoms with E-state index in [-0.39, 0.29) is 13.2 Å². The van der Waals surface area contributed by atoms with E-state index in [9.17, 15) is 14.4 Å². The molecule has 0 radical (unpaired) electrons. The Kier molecular flexibility index (Phi) is 6.33. The second-order valence-electron chi connectivity index (χ2n) is 5.10. The fourth-order valence-corrected chi connectivity index (χ4v) is 2.23. The van der Waals surface area contributed by atoms with Crippen molar-refractivity contribution in [3.63, 3.8) is 0 Å². The van der Waals surface area contributed by atoms with Crippen molar-refractivity contribution in [2.24, 2.45) is 0 Å². The summed E-state index contributed by atoms with van der Waals surface area (Å²) in [6.45, 7) is 3.38. The summed E-state index contributed by atoms with van der Waals surface area (Å²) >= 11 is 0. The molecule has 0 bridgehead atoms. The number of ether oxygens (including phenoxy) is 2. The second kappa shape index (κ2) is 8.68. The van der Waals surface area contributed by atoms with E-state index in [0.717, 1.165) is 10.8 Å². The van der Waals surface area contributed by atoms with Crippen LogP contribution in [0, 0.1) is 0 Å². The predicted molar refractivity (Wildman–Crippen MR) is 93.2 cm³/mol. The molecule has 0 unspecified atom stereocenters. The predicted octanol–water partition coefficient (Wildman–Crippen LogP) is 2.46. The summed E-state index contributed by atoms with van der Waals surface area (Å²) < 4.78 is 9.60. The third kappa shape index (κ3) is 4.94. The standard InChI is InChI=1S/C18H20N2O5/c1-3-24-16(21)15(17(22)25-4-2)20-18(23)19-14-10-9-12-7-5-6-8-13(12)11-14/h5-11,15H,3-4H2,1-2H3,(H2,19,20,23). The van der Waals surface area contributed by atoms with Gasteiger partial charge < -0.3 is 20.1 Å². The minimum Gasteiger partial charge on any atom is -0.464 e. The van der Waals surface area contributed by atoms with Crippen LogP contribution in [0.1, 0.15) is 13.8 Å². The Labute approximate surface area is 145 Å². The Hall–Kier alpha value is -3.09. The quantitative estimate of drug-likeness (QED) is 0.620. The number of hydrogen-bond acceptors (Lipinski definition) is 5. The lowest BCUT2D eigenvalue weighted by Crippen LogP contribution is -2.49. The van der Waals surface area contributed by atoms with Crippen LogP contribution in [-0.4, -0.2) is 37.2 Å². The van der Waals surface area contributed by atoms with Gasteiger partial charge >= 0.3 is 18.0 Å². The van der Waals surface area contributed by atoms with Crippen molar-refractivity contribution in [1.82, 2.24) is 5.32 Å². The average Bonchev–Trinajstić information content (AvgIpc) is 2.60. The molecule has 7 nitrogen and oxygen atoms in total. The zero-order valence-corrected chi connectivity index (χ0v) is 14.1. The topological polar surface area (TPSA) is 93.7 Å². The molecular formula is C18H20N2O5. The van der Waals surface area contributed by atoms with Crippen molar-refractivity contribution in [3.8, 4) is 0 Å². The summed E-state index contributed by atoms with van der Waals surface area (Å²) in [5.41, 5.74) is 0.530. The Morgan fingerprint density at radius 1 is 0.920 bits per heavy atom. The maximum Gasteiger partial charge on any atom is 0.340 e. The third-order valence-electron chi connectivity index (χ3n) is 3.33. The van der Waals surface area contributed by atoms with Gasteiger partial charge in [-0.3, -0.25) is 0 Å². The normalized spacial score (nSPS) is 10.4. The number of benzene rings is 2. The number of carbonyl (C=O) groups is 3. The van der Waals surface area contributed by atoms with E-state index in [1.165, 1.54) is 0 Å². The molecule has 0 aliphatic rings. The third-order valence-corrected chi connectivity index (χ3v) is 3.33. The molecular weight excluding hydrogens is 324 g/mol. The van der Waals surface area contributed by atoms with Crippen molar-refractivity contribution in [2.45, 2.75) is 19.9 Å². The SMILES string of the molecule is CCOC(=O)C(NC(=O)Nc1ccc2ccccc2c1)C(=O)OCC. The number of carbonyl (C=O) groups excluding carboxylic acids is 3. The number of nitrogens with one attached hydrogen (secondary N) is 2. The van der Waals surface area contributed by atoms with Gasteiger partial charge in [-0.25, -0.2) is 14.4 Å². The van der Waals surface area contributed by atoms with Crippen molar-refractivity contribution in [2.75, 3.05) is 18.5 Å². The first kappa shape index (κ1) is 18.3. The molecule has 0 fully saturated rings. The molecule has 0 spiro atoms. The molecule has 2 aromatic carbocycles. The van der Waals surface area contributed by atoms with Crippen LogP contribution >= 0.6 is 0 Å². The van der Waals surface area contributed by atoms with Crippen molar-refractivity contribution in [1.29, 1.82) is 0 Å². The largest absolute Gasteiger partial charge is 0.464 e. The summed E-state index contributed by atoms with van der Waals surface area (Å²) in [5, 5.41) is 6.86. The summed E-state index contributed by atoms with van der Waals surface area (Å²) in [6, 6.07) is 10.8. The van der Waals surface area contributed by atoms with E-state index in [2.05, 4.69) is 10.6 Å². The van der Waals surface area contributed by atoms with Crippen LogP contribution in [0.3, 0.4) is 0 Å². The van der Waals surface area contributed by atoms with E-state index in [0.29, 0.717) is 5.69 Å². The molecule has 0 saturated carbocycles. The molecule has 0 aliphatic heterocycles. The smallest absolute Gasteiger partial charge is 0.340 e. The maximum absolute atomic E-state index is 12.1. The number of fused-ring (bicyclic) bond motifs is 1. The van der Waals surface area contributed by atoms with E-state index in [1.54, 1.807) is 26.0 Å². The van der Waals surface area contributed by atoms with Gasteiger partial charge in [0, 0.05) is 5.69 Å². The molecule has 0 aromatic heterocycles. The van der Waals surface area contributed by atoms with Crippen LogP contribution in [-0.2, 0) is 19.1 Å². The number of rotatable bonds is 6. The fraction of sp³-hybridized carbons (Fsp3) is 0.278. The van der Waals surface area contributed by atoms with Crippen LogP contribution in [0.4, 0.5) is 10.5 Å². The molecule has 0 atom stereocenters. The molecule has 2 N–H and O–H groups in total. The molecule has 0 saturated heterocycles. The monoisotopic (exact) mass is 344 g/mol. The summed E-state index contributed by atoms with van der Waals surface area (Å²) in [6.07, 6.45) is 0. The van der Waals surface area contributed by atoms with Crippen molar-refractivity contribution in [3.05, 3.63) is 42.5 Å². The number of esters is 2. The summed E-state index contributed by atoms with van der Waals surface area (Å²) in [7, 11) is 0. The van der Waals surface area contributed by atoms with Gasteiger partial charge in [-0.05, 0) is 36.8 Å². The average molecular weight is 344 g/mol. The summed E-state index contributed by atoms with van der Waals surface area (Å²) in [4.78, 5) is 35.9. The lowest BCUT2D eigenvalue weighted by Gasteiger charge is -2.16. The molecule has 2 rings (SSSR count). The first-order chi connectivity index (χ1) is 12.0. The number of urea groups is 1. The fourth-order valence-electron chi connectivity index (χ4n) is 2.23. The highest BCUT2D eigenvalue weighted by Crippen LogP contribution is 2.18. The van der Waals surface area contributed by atoms with Crippen LogP contribution in [0.5, 0.6) is 0 Å². The van der Waals surface area contributed by atoms with Gasteiger partial charge in [0.05, 0.1) is 13.2 Å². The molecule has 132 valence electrons. The van der Waals surface area contributed by atoms with Crippen molar-refractivity contribution >= 4 is 34.4 Å². The number of amides is 2. The van der Waals surface area contributed by atoms with Gasteiger partial charge in [0.15, 0.2) is 0 Å². The minimum atomic E-state index is -1.51. The van der Waals surface area contributed by atoms with Gasteiger partial charge in [0.25, 0.3) is 0 Å². The van der Waals surface area contributed by atoms with Gasteiger partial charge in [-0.2, -0.15) is 0 Å². The van der Waals surface area contributed by atoms with Gasteiger partial charge in [-0.1, -0.05) is 30.3 Å². The van der Waals surface area contributed by atoms with Crippen LogP contribution in [0.15, 0.2) is 42.5 Å². The zero-order chi connectivity index (χ0) is 18.2. The molecule has 2 amide bonds. The first-order valence-corrected chi connectivity index (χ1v) is 7.94.